The Morgan fingerprint density at radius 3 is 2.26 bits per heavy atom. The maximum atomic E-state index is 9.20. The molecule has 0 amide bonds. The van der Waals surface area contributed by atoms with Crippen molar-refractivity contribution in [3.05, 3.63) is 76.3 Å². The third-order valence-electron chi connectivity index (χ3n) is 3.23. The molecule has 23 heavy (non-hydrogen) atoms. The monoisotopic (exact) mass is 320 g/mol. The summed E-state index contributed by atoms with van der Waals surface area (Å²) in [6.07, 6.45) is 3.52. The summed E-state index contributed by atoms with van der Waals surface area (Å²) in [6.45, 7) is 0. The van der Waals surface area contributed by atoms with Crippen LogP contribution in [0.5, 0.6) is 5.75 Å². The highest BCUT2D eigenvalue weighted by molar-refractivity contribution is 6.32. The molecular formula is C19H13ClN2O. The van der Waals surface area contributed by atoms with E-state index in [1.54, 1.807) is 49.6 Å². The number of halogens is 1. The number of nitriles is 2. The SMILES string of the molecule is COc1ccc(C(/C=C/c2ccccc2Cl)=C(C#N)C#N)cc1. The molecule has 0 aliphatic carbocycles. The minimum absolute atomic E-state index is 0.0403. The van der Waals surface area contributed by atoms with Crippen LogP contribution in [0.3, 0.4) is 0 Å². The van der Waals surface area contributed by atoms with Gasteiger partial charge in [-0.3, -0.25) is 0 Å². The van der Waals surface area contributed by atoms with Crippen LogP contribution >= 0.6 is 11.6 Å². The van der Waals surface area contributed by atoms with Crippen molar-refractivity contribution in [1.82, 2.24) is 0 Å². The molecule has 0 aromatic heterocycles. The molecule has 112 valence electrons. The number of nitrogens with zero attached hydrogens (tertiary/aromatic N) is 2. The van der Waals surface area contributed by atoms with Gasteiger partial charge in [-0.1, -0.05) is 54.1 Å². The van der Waals surface area contributed by atoms with Crippen LogP contribution in [-0.4, -0.2) is 7.11 Å². The molecule has 4 heteroatoms. The van der Waals surface area contributed by atoms with Crippen LogP contribution in [0.1, 0.15) is 11.1 Å². The van der Waals surface area contributed by atoms with Crippen molar-refractivity contribution in [1.29, 1.82) is 10.5 Å². The number of rotatable bonds is 4. The van der Waals surface area contributed by atoms with Gasteiger partial charge >= 0.3 is 0 Å². The topological polar surface area (TPSA) is 56.8 Å². The molecule has 0 aliphatic heterocycles. The zero-order valence-corrected chi connectivity index (χ0v) is 13.2. The molecule has 0 fully saturated rings. The minimum atomic E-state index is 0.0403. The lowest BCUT2D eigenvalue weighted by Gasteiger charge is -2.05. The Balaban J connectivity index is 2.48. The first kappa shape index (κ1) is 16.4. The number of hydrogen-bond acceptors (Lipinski definition) is 3. The Kier molecular flexibility index (Phi) is 5.58. The summed E-state index contributed by atoms with van der Waals surface area (Å²) in [7, 11) is 1.58. The van der Waals surface area contributed by atoms with E-state index >= 15 is 0 Å². The second-order valence-electron chi connectivity index (χ2n) is 4.60. The van der Waals surface area contributed by atoms with Crippen LogP contribution in [0.25, 0.3) is 11.6 Å². The van der Waals surface area contributed by atoms with Gasteiger partial charge in [-0.2, -0.15) is 10.5 Å². The number of hydrogen-bond donors (Lipinski definition) is 0. The minimum Gasteiger partial charge on any atom is -0.497 e. The van der Waals surface area contributed by atoms with Gasteiger partial charge in [0.05, 0.1) is 7.11 Å². The van der Waals surface area contributed by atoms with Gasteiger partial charge in [0, 0.05) is 10.6 Å². The fourth-order valence-corrected chi connectivity index (χ4v) is 2.22. The molecule has 2 rings (SSSR count). The van der Waals surface area contributed by atoms with Crippen molar-refractivity contribution in [3.63, 3.8) is 0 Å². The highest BCUT2D eigenvalue weighted by Gasteiger charge is 2.07. The lowest BCUT2D eigenvalue weighted by Crippen LogP contribution is -1.88. The summed E-state index contributed by atoms with van der Waals surface area (Å²) >= 11 is 6.13. The van der Waals surface area contributed by atoms with Gasteiger partial charge in [-0.25, -0.2) is 0 Å². The normalized spacial score (nSPS) is 9.91. The van der Waals surface area contributed by atoms with E-state index in [-0.39, 0.29) is 5.57 Å². The van der Waals surface area contributed by atoms with Gasteiger partial charge in [0.25, 0.3) is 0 Å². The molecule has 2 aromatic rings. The Morgan fingerprint density at radius 2 is 1.70 bits per heavy atom. The standard InChI is InChI=1S/C19H13ClN2O/c1-23-17-9-6-14(7-10-17)18(16(12-21)13-22)11-8-15-4-2-3-5-19(15)20/h2-11H,1H3/b11-8+. The third kappa shape index (κ3) is 4.01. The summed E-state index contributed by atoms with van der Waals surface area (Å²) < 4.78 is 5.13. The van der Waals surface area contributed by atoms with E-state index in [0.717, 1.165) is 11.1 Å². The smallest absolute Gasteiger partial charge is 0.137 e. The zero-order valence-electron chi connectivity index (χ0n) is 12.5. The lowest BCUT2D eigenvalue weighted by atomic mass is 9.99. The van der Waals surface area contributed by atoms with E-state index in [2.05, 4.69) is 0 Å². The van der Waals surface area contributed by atoms with Crippen LogP contribution in [0.15, 0.2) is 60.2 Å². The van der Waals surface area contributed by atoms with Crippen molar-refractivity contribution in [3.8, 4) is 17.9 Å². The van der Waals surface area contributed by atoms with Crippen LogP contribution < -0.4 is 4.74 Å². The first-order chi connectivity index (χ1) is 11.2. The molecule has 0 aliphatic rings. The molecule has 0 spiro atoms. The molecule has 0 unspecified atom stereocenters. The summed E-state index contributed by atoms with van der Waals surface area (Å²) in [4.78, 5) is 0. The zero-order chi connectivity index (χ0) is 16.7. The van der Waals surface area contributed by atoms with Crippen LogP contribution in [0.2, 0.25) is 5.02 Å². The van der Waals surface area contributed by atoms with Gasteiger partial charge in [-0.15, -0.1) is 0 Å². The quantitative estimate of drug-likeness (QED) is 0.597. The Bertz CT molecular complexity index is 821. The van der Waals surface area contributed by atoms with E-state index in [1.807, 2.05) is 30.3 Å². The van der Waals surface area contributed by atoms with E-state index in [1.165, 1.54) is 0 Å². The van der Waals surface area contributed by atoms with Crippen LogP contribution in [0, 0.1) is 22.7 Å². The van der Waals surface area contributed by atoms with E-state index in [4.69, 9.17) is 16.3 Å². The molecule has 0 heterocycles. The molecular weight excluding hydrogens is 308 g/mol. The highest BCUT2D eigenvalue weighted by atomic mass is 35.5. The van der Waals surface area contributed by atoms with Gasteiger partial charge in [-0.05, 0) is 29.3 Å². The second kappa shape index (κ2) is 7.84. The van der Waals surface area contributed by atoms with Crippen LogP contribution in [0.4, 0.5) is 0 Å². The molecule has 3 nitrogen and oxygen atoms in total. The average molecular weight is 321 g/mol. The molecule has 2 aromatic carbocycles. The number of allylic oxidation sites excluding steroid dienone is 3. The number of ether oxygens (including phenoxy) is 1. The van der Waals surface area contributed by atoms with E-state index in [0.29, 0.717) is 16.3 Å². The van der Waals surface area contributed by atoms with E-state index in [9.17, 15) is 10.5 Å². The van der Waals surface area contributed by atoms with Gasteiger partial charge in [0.2, 0.25) is 0 Å². The molecule has 0 saturated heterocycles. The van der Waals surface area contributed by atoms with Crippen molar-refractivity contribution < 1.29 is 4.74 Å². The molecule has 0 N–H and O–H groups in total. The Labute approximate surface area is 140 Å². The van der Waals surface area contributed by atoms with Crippen molar-refractivity contribution >= 4 is 23.3 Å². The molecule has 0 saturated carbocycles. The van der Waals surface area contributed by atoms with E-state index < -0.39 is 0 Å². The van der Waals surface area contributed by atoms with Gasteiger partial charge in [0.15, 0.2) is 0 Å². The first-order valence-corrected chi connectivity index (χ1v) is 7.19. The fourth-order valence-electron chi connectivity index (χ4n) is 2.02. The van der Waals surface area contributed by atoms with Crippen molar-refractivity contribution in [2.75, 3.05) is 7.11 Å². The molecule has 0 bridgehead atoms. The predicted molar refractivity (Wildman–Crippen MR) is 91.6 cm³/mol. The number of benzene rings is 2. The summed E-state index contributed by atoms with van der Waals surface area (Å²) in [5.41, 5.74) is 2.15. The molecule has 0 atom stereocenters. The summed E-state index contributed by atoms with van der Waals surface area (Å²) in [5.74, 6) is 0.707. The Morgan fingerprint density at radius 1 is 1.04 bits per heavy atom. The van der Waals surface area contributed by atoms with Gasteiger partial charge < -0.3 is 4.74 Å². The first-order valence-electron chi connectivity index (χ1n) is 6.81. The number of methoxy groups -OCH3 is 1. The maximum Gasteiger partial charge on any atom is 0.137 e. The average Bonchev–Trinajstić information content (AvgIpc) is 2.60. The summed E-state index contributed by atoms with van der Waals surface area (Å²) in [5, 5.41) is 19.0. The Hall–Kier alpha value is -3.01. The van der Waals surface area contributed by atoms with Crippen LogP contribution in [-0.2, 0) is 0 Å². The fraction of sp³-hybridized carbons (Fsp3) is 0.0526. The highest BCUT2D eigenvalue weighted by Crippen LogP contribution is 2.25. The predicted octanol–water partition coefficient (Wildman–Crippen LogP) is 4.86. The van der Waals surface area contributed by atoms with Crippen molar-refractivity contribution in [2.45, 2.75) is 0 Å². The van der Waals surface area contributed by atoms with Gasteiger partial charge in [0.1, 0.15) is 23.5 Å². The largest absolute Gasteiger partial charge is 0.497 e. The lowest BCUT2D eigenvalue weighted by molar-refractivity contribution is 0.415. The third-order valence-corrected chi connectivity index (χ3v) is 3.57. The summed E-state index contributed by atoms with van der Waals surface area (Å²) in [6, 6.07) is 18.4. The maximum absolute atomic E-state index is 9.20. The second-order valence-corrected chi connectivity index (χ2v) is 5.00. The van der Waals surface area contributed by atoms with Crippen molar-refractivity contribution in [2.24, 2.45) is 0 Å². The molecule has 0 radical (unpaired) electrons.